The summed E-state index contributed by atoms with van der Waals surface area (Å²) in [5.41, 5.74) is 3.38. The minimum atomic E-state index is -3.97. The molecule has 0 aliphatic heterocycles. The van der Waals surface area contributed by atoms with Crippen molar-refractivity contribution in [3.05, 3.63) is 111 Å². The van der Waals surface area contributed by atoms with Crippen LogP contribution in [0.2, 0.25) is 0 Å². The largest absolute Gasteiger partial charge is 0.467 e. The average Bonchev–Trinajstić information content (AvgIpc) is 2.96. The third-order valence-electron chi connectivity index (χ3n) is 6.00. The first-order chi connectivity index (χ1) is 19.2. The highest BCUT2D eigenvalue weighted by Crippen LogP contribution is 2.30. The number of rotatable bonds is 12. The fourth-order valence-corrected chi connectivity index (χ4v) is 4.79. The molecule has 3 aromatic carbocycles. The van der Waals surface area contributed by atoms with Gasteiger partial charge in [-0.1, -0.05) is 42.0 Å². The van der Waals surface area contributed by atoms with E-state index in [4.69, 9.17) is 18.4 Å². The molecule has 1 unspecified atom stereocenters. The Morgan fingerprint density at radius 2 is 1.73 bits per heavy atom. The first kappa shape index (κ1) is 29.1. The molecule has 11 heteroatoms. The first-order valence-electron chi connectivity index (χ1n) is 12.3. The number of hydrogen-bond acceptors (Lipinski definition) is 9. The predicted octanol–water partition coefficient (Wildman–Crippen LogP) is 3.79. The van der Waals surface area contributed by atoms with Crippen molar-refractivity contribution in [2.24, 2.45) is 0 Å². The van der Waals surface area contributed by atoms with Gasteiger partial charge in [0.1, 0.15) is 5.75 Å². The lowest BCUT2D eigenvalue weighted by molar-refractivity contribution is -0.0769. The maximum Gasteiger partial charge on any atom is 0.297 e. The van der Waals surface area contributed by atoms with Crippen LogP contribution in [-0.4, -0.2) is 44.3 Å². The van der Waals surface area contributed by atoms with Gasteiger partial charge in [0.25, 0.3) is 15.7 Å². The minimum absolute atomic E-state index is 0.0289. The van der Waals surface area contributed by atoms with Crippen molar-refractivity contribution >= 4 is 10.1 Å². The van der Waals surface area contributed by atoms with E-state index in [1.54, 1.807) is 54.6 Å². The van der Waals surface area contributed by atoms with Crippen molar-refractivity contribution in [3.8, 4) is 17.0 Å². The second kappa shape index (κ2) is 13.0. The van der Waals surface area contributed by atoms with E-state index in [0.717, 1.165) is 11.1 Å². The van der Waals surface area contributed by atoms with Crippen LogP contribution in [0.15, 0.2) is 88.6 Å². The number of aryl methyl sites for hydroxylation is 1. The molecule has 0 spiro atoms. The Bertz CT molecular complexity index is 1620. The molecular formula is C29H30N2O8S. The van der Waals surface area contributed by atoms with Crippen molar-refractivity contribution in [2.45, 2.75) is 31.3 Å². The molecule has 1 N–H and O–H groups in total. The molecule has 0 amide bonds. The van der Waals surface area contributed by atoms with E-state index in [2.05, 4.69) is 5.10 Å². The Labute approximate surface area is 232 Å². The van der Waals surface area contributed by atoms with Crippen molar-refractivity contribution in [1.82, 2.24) is 9.78 Å². The molecule has 4 aromatic rings. The van der Waals surface area contributed by atoms with Crippen molar-refractivity contribution in [3.63, 3.8) is 0 Å². The monoisotopic (exact) mass is 566 g/mol. The van der Waals surface area contributed by atoms with Gasteiger partial charge in [-0.05, 0) is 54.4 Å². The number of hydrogen-bond donors (Lipinski definition) is 1. The molecule has 1 aromatic heterocycles. The highest BCUT2D eigenvalue weighted by atomic mass is 32.2. The predicted molar refractivity (Wildman–Crippen MR) is 147 cm³/mol. The number of aliphatic hydroxyl groups is 1. The molecule has 4 rings (SSSR count). The molecule has 1 heterocycles. The average molecular weight is 567 g/mol. The second-order valence-electron chi connectivity index (χ2n) is 8.96. The molecule has 0 fully saturated rings. The summed E-state index contributed by atoms with van der Waals surface area (Å²) in [6, 6.07) is 21.4. The molecule has 10 nitrogen and oxygen atoms in total. The molecule has 0 aliphatic rings. The highest BCUT2D eigenvalue weighted by molar-refractivity contribution is 7.86. The molecule has 0 aliphatic carbocycles. The highest BCUT2D eigenvalue weighted by Gasteiger charge is 2.17. The number of aliphatic hydroxyl groups excluding tert-OH is 1. The van der Waals surface area contributed by atoms with Gasteiger partial charge in [-0.3, -0.25) is 8.98 Å². The summed E-state index contributed by atoms with van der Waals surface area (Å²) in [4.78, 5) is 12.7. The van der Waals surface area contributed by atoms with Gasteiger partial charge in [0.15, 0.2) is 13.1 Å². The van der Waals surface area contributed by atoms with Crippen LogP contribution in [0.1, 0.15) is 28.5 Å². The van der Waals surface area contributed by atoms with Gasteiger partial charge < -0.3 is 19.3 Å². The topological polar surface area (TPSA) is 126 Å². The Kier molecular flexibility index (Phi) is 9.46. The van der Waals surface area contributed by atoms with Crippen molar-refractivity contribution < 1.29 is 31.9 Å². The van der Waals surface area contributed by atoms with E-state index >= 15 is 0 Å². The third kappa shape index (κ3) is 7.20. The lowest BCUT2D eigenvalue weighted by Crippen LogP contribution is -2.23. The number of nitrogens with zero attached hydrogens (tertiary/aromatic N) is 2. The van der Waals surface area contributed by atoms with Crippen LogP contribution in [0, 0.1) is 6.92 Å². The Morgan fingerprint density at radius 3 is 2.45 bits per heavy atom. The number of methoxy groups -OCH3 is 2. The summed E-state index contributed by atoms with van der Waals surface area (Å²) in [6.07, 6.45) is -1.09. The van der Waals surface area contributed by atoms with Crippen LogP contribution < -0.4 is 10.3 Å². The van der Waals surface area contributed by atoms with E-state index in [0.29, 0.717) is 28.1 Å². The molecule has 0 radical (unpaired) electrons. The summed E-state index contributed by atoms with van der Waals surface area (Å²) in [5.74, 6) is 0.426. The quantitative estimate of drug-likeness (QED) is 0.201. The first-order valence-corrected chi connectivity index (χ1v) is 13.7. The van der Waals surface area contributed by atoms with E-state index < -0.39 is 16.4 Å². The summed E-state index contributed by atoms with van der Waals surface area (Å²) in [5, 5.41) is 14.5. The van der Waals surface area contributed by atoms with Gasteiger partial charge in [0, 0.05) is 31.4 Å². The van der Waals surface area contributed by atoms with Gasteiger partial charge in [-0.25, -0.2) is 4.68 Å². The van der Waals surface area contributed by atoms with Gasteiger partial charge >= 0.3 is 0 Å². The van der Waals surface area contributed by atoms with Gasteiger partial charge in [0.2, 0.25) is 0 Å². The van der Waals surface area contributed by atoms with Gasteiger partial charge in [0.05, 0.1) is 23.7 Å². The fourth-order valence-electron chi connectivity index (χ4n) is 3.89. The molecule has 210 valence electrons. The lowest BCUT2D eigenvalue weighted by Gasteiger charge is -2.14. The second-order valence-corrected chi connectivity index (χ2v) is 10.6. The van der Waals surface area contributed by atoms with Crippen molar-refractivity contribution in [1.29, 1.82) is 0 Å². The zero-order valence-electron chi connectivity index (χ0n) is 22.3. The molecule has 0 saturated heterocycles. The maximum atomic E-state index is 12.7. The smallest absolute Gasteiger partial charge is 0.297 e. The number of ether oxygens (including phenoxy) is 3. The van der Waals surface area contributed by atoms with Crippen LogP contribution in [0.3, 0.4) is 0 Å². The Morgan fingerprint density at radius 1 is 0.950 bits per heavy atom. The number of benzene rings is 3. The summed E-state index contributed by atoms with van der Waals surface area (Å²) >= 11 is 0. The van der Waals surface area contributed by atoms with Crippen molar-refractivity contribution in [2.75, 3.05) is 21.0 Å². The van der Waals surface area contributed by atoms with E-state index in [1.165, 1.54) is 37.1 Å². The zero-order valence-corrected chi connectivity index (χ0v) is 23.1. The standard InChI is InChI=1S/C29H30N2O8S/c1-20-7-10-24(11-8-20)40(34,35)39-18-22-9-13-27(38-19-36-2)25(16-22)26-12-14-28(32)31(30-26)17-21-5-4-6-23(15-21)29(33)37-3/h4-16,29,33H,17-19H2,1-3H3. The van der Waals surface area contributed by atoms with Crippen LogP contribution >= 0.6 is 0 Å². The molecule has 40 heavy (non-hydrogen) atoms. The zero-order chi connectivity index (χ0) is 28.7. The SMILES string of the molecule is COCOc1ccc(COS(=O)(=O)c2ccc(C)cc2)cc1-c1ccc(=O)n(Cc2cccc(C(O)OC)c2)n1. The van der Waals surface area contributed by atoms with Crippen LogP contribution in [0.5, 0.6) is 5.75 Å². The van der Waals surface area contributed by atoms with E-state index in [-0.39, 0.29) is 30.4 Å². The third-order valence-corrected chi connectivity index (χ3v) is 7.28. The Balaban J connectivity index is 1.63. The Hall–Kier alpha value is -3.87. The van der Waals surface area contributed by atoms with Crippen LogP contribution in [-0.2, 0) is 36.9 Å². The minimum Gasteiger partial charge on any atom is -0.467 e. The number of aromatic nitrogens is 2. The fraction of sp³-hybridized carbons (Fsp3) is 0.241. The van der Waals surface area contributed by atoms with Crippen LogP contribution in [0.4, 0.5) is 0 Å². The normalized spacial score (nSPS) is 12.3. The van der Waals surface area contributed by atoms with Gasteiger partial charge in [-0.2, -0.15) is 13.5 Å². The lowest BCUT2D eigenvalue weighted by atomic mass is 10.1. The molecule has 0 bridgehead atoms. The summed E-state index contributed by atoms with van der Waals surface area (Å²) in [6.45, 7) is 1.76. The van der Waals surface area contributed by atoms with Gasteiger partial charge in [-0.15, -0.1) is 0 Å². The summed E-state index contributed by atoms with van der Waals surface area (Å²) in [7, 11) is -1.09. The van der Waals surface area contributed by atoms with E-state index in [9.17, 15) is 18.3 Å². The molecule has 0 saturated carbocycles. The summed E-state index contributed by atoms with van der Waals surface area (Å²) < 4.78 is 47.7. The van der Waals surface area contributed by atoms with E-state index in [1.807, 2.05) is 13.0 Å². The maximum absolute atomic E-state index is 12.7. The molecule has 1 atom stereocenters. The molecular weight excluding hydrogens is 536 g/mol. The van der Waals surface area contributed by atoms with Crippen LogP contribution in [0.25, 0.3) is 11.3 Å².